The maximum Gasteiger partial charge on any atom is 0.318 e. The van der Waals surface area contributed by atoms with Gasteiger partial charge in [-0.05, 0) is 36.5 Å². The SMILES string of the molecule is C=C(F)C(=O)N1CCN(c2nc(OC)nc3c2NC(=O)C2(CCCc4c2ccc(F)c4Cl)C3)CC1CC#N. The number of anilines is 2. The number of aromatic nitrogens is 2. The third-order valence-corrected chi connectivity index (χ3v) is 8.02. The van der Waals surface area contributed by atoms with Crippen molar-refractivity contribution < 1.29 is 23.1 Å². The molecule has 2 aromatic rings. The first kappa shape index (κ1) is 25.9. The Labute approximate surface area is 223 Å². The average Bonchev–Trinajstić information content (AvgIpc) is 2.91. The van der Waals surface area contributed by atoms with E-state index >= 15 is 0 Å². The molecule has 1 aromatic heterocycles. The van der Waals surface area contributed by atoms with Crippen LogP contribution in [0.2, 0.25) is 5.02 Å². The minimum absolute atomic E-state index is 0.0243. The van der Waals surface area contributed by atoms with Gasteiger partial charge in [0, 0.05) is 26.1 Å². The van der Waals surface area contributed by atoms with Crippen molar-refractivity contribution in [1.29, 1.82) is 5.26 Å². The Bertz CT molecular complexity index is 1400. The number of benzene rings is 1. The van der Waals surface area contributed by atoms with Crippen LogP contribution in [0.25, 0.3) is 0 Å². The topological polar surface area (TPSA) is 111 Å². The predicted molar refractivity (Wildman–Crippen MR) is 135 cm³/mol. The predicted octanol–water partition coefficient (Wildman–Crippen LogP) is 3.46. The number of halogens is 3. The molecule has 3 aliphatic rings. The molecular formula is C26H25ClF2N6O3. The zero-order chi connectivity index (χ0) is 27.2. The Hall–Kier alpha value is -3.78. The molecule has 1 aliphatic carbocycles. The van der Waals surface area contributed by atoms with Crippen molar-refractivity contribution >= 4 is 34.9 Å². The fraction of sp³-hybridized carbons (Fsp3) is 0.423. The van der Waals surface area contributed by atoms with Crippen LogP contribution >= 0.6 is 11.6 Å². The fourth-order valence-corrected chi connectivity index (χ4v) is 6.06. The number of fused-ring (bicyclic) bond motifs is 3. The van der Waals surface area contributed by atoms with Crippen molar-refractivity contribution in [1.82, 2.24) is 14.9 Å². The number of nitrogens with one attached hydrogen (secondary N) is 1. The van der Waals surface area contributed by atoms with Gasteiger partial charge < -0.3 is 19.9 Å². The zero-order valence-corrected chi connectivity index (χ0v) is 21.4. The first-order chi connectivity index (χ1) is 18.2. The molecule has 1 fully saturated rings. The van der Waals surface area contributed by atoms with Gasteiger partial charge in [0.15, 0.2) is 11.6 Å². The summed E-state index contributed by atoms with van der Waals surface area (Å²) in [5.74, 6) is -2.34. The summed E-state index contributed by atoms with van der Waals surface area (Å²) in [5.41, 5.74) is 1.29. The van der Waals surface area contributed by atoms with E-state index in [2.05, 4.69) is 21.9 Å². The highest BCUT2D eigenvalue weighted by atomic mass is 35.5. The summed E-state index contributed by atoms with van der Waals surface area (Å²) in [6, 6.07) is 4.43. The second-order valence-electron chi connectivity index (χ2n) is 9.68. The van der Waals surface area contributed by atoms with Gasteiger partial charge in [-0.2, -0.15) is 15.2 Å². The lowest BCUT2D eigenvalue weighted by atomic mass is 9.65. The van der Waals surface area contributed by atoms with E-state index < -0.39 is 29.0 Å². The van der Waals surface area contributed by atoms with Crippen molar-refractivity contribution in [3.8, 4) is 12.1 Å². The number of nitriles is 1. The monoisotopic (exact) mass is 542 g/mol. The second kappa shape index (κ2) is 9.83. The first-order valence-corrected chi connectivity index (χ1v) is 12.6. The average molecular weight is 543 g/mol. The van der Waals surface area contributed by atoms with Crippen LogP contribution in [0, 0.1) is 17.1 Å². The van der Waals surface area contributed by atoms with E-state index in [0.29, 0.717) is 47.6 Å². The van der Waals surface area contributed by atoms with Gasteiger partial charge in [-0.1, -0.05) is 24.2 Å². The van der Waals surface area contributed by atoms with E-state index in [1.165, 1.54) is 18.1 Å². The summed E-state index contributed by atoms with van der Waals surface area (Å²) in [4.78, 5) is 38.2. The molecule has 1 saturated heterocycles. The minimum Gasteiger partial charge on any atom is -0.467 e. The number of amides is 2. The highest BCUT2D eigenvalue weighted by Crippen LogP contribution is 2.48. The lowest BCUT2D eigenvalue weighted by molar-refractivity contribution is -0.131. The van der Waals surface area contributed by atoms with Crippen LogP contribution in [0.1, 0.15) is 36.1 Å². The molecule has 0 radical (unpaired) electrons. The summed E-state index contributed by atoms with van der Waals surface area (Å²) in [5, 5.41) is 12.4. The van der Waals surface area contributed by atoms with Gasteiger partial charge in [0.1, 0.15) is 11.5 Å². The maximum absolute atomic E-state index is 14.2. The van der Waals surface area contributed by atoms with Gasteiger partial charge >= 0.3 is 6.01 Å². The van der Waals surface area contributed by atoms with Crippen LogP contribution in [0.15, 0.2) is 24.5 Å². The molecule has 2 atom stereocenters. The van der Waals surface area contributed by atoms with Crippen molar-refractivity contribution in [3.05, 3.63) is 52.2 Å². The third-order valence-electron chi connectivity index (χ3n) is 7.61. The Morgan fingerprint density at radius 3 is 2.89 bits per heavy atom. The Morgan fingerprint density at radius 2 is 2.18 bits per heavy atom. The van der Waals surface area contributed by atoms with Crippen LogP contribution in [0.5, 0.6) is 6.01 Å². The van der Waals surface area contributed by atoms with Gasteiger partial charge in [0.25, 0.3) is 5.91 Å². The molecule has 1 spiro atoms. The molecule has 38 heavy (non-hydrogen) atoms. The van der Waals surface area contributed by atoms with Gasteiger partial charge in [-0.15, -0.1) is 0 Å². The zero-order valence-electron chi connectivity index (χ0n) is 20.7. The molecule has 1 N–H and O–H groups in total. The summed E-state index contributed by atoms with van der Waals surface area (Å²) < 4.78 is 33.2. The quantitative estimate of drug-likeness (QED) is 0.589. The summed E-state index contributed by atoms with van der Waals surface area (Å²) in [6.45, 7) is 3.67. The molecule has 3 heterocycles. The fourth-order valence-electron chi connectivity index (χ4n) is 5.80. The summed E-state index contributed by atoms with van der Waals surface area (Å²) in [7, 11) is 1.43. The number of nitrogens with zero attached hydrogens (tertiary/aromatic N) is 5. The van der Waals surface area contributed by atoms with Gasteiger partial charge in [-0.3, -0.25) is 9.59 Å². The number of hydrogen-bond acceptors (Lipinski definition) is 7. The molecule has 2 aliphatic heterocycles. The molecular weight excluding hydrogens is 518 g/mol. The first-order valence-electron chi connectivity index (χ1n) is 12.2. The van der Waals surface area contributed by atoms with E-state index in [4.69, 9.17) is 16.3 Å². The molecule has 0 bridgehead atoms. The van der Waals surface area contributed by atoms with Crippen molar-refractivity contribution in [2.24, 2.45) is 0 Å². The number of carbonyl (C=O) groups excluding carboxylic acids is 2. The molecule has 2 amide bonds. The smallest absolute Gasteiger partial charge is 0.318 e. The number of piperazine rings is 1. The maximum atomic E-state index is 14.2. The Kier molecular flexibility index (Phi) is 6.69. The lowest BCUT2D eigenvalue weighted by Gasteiger charge is -2.44. The Morgan fingerprint density at radius 1 is 1.39 bits per heavy atom. The second-order valence-corrected chi connectivity index (χ2v) is 10.1. The number of hydrogen-bond donors (Lipinski definition) is 1. The molecule has 0 saturated carbocycles. The largest absolute Gasteiger partial charge is 0.467 e. The van der Waals surface area contributed by atoms with Gasteiger partial charge in [0.2, 0.25) is 5.91 Å². The summed E-state index contributed by atoms with van der Waals surface area (Å²) >= 11 is 6.29. The van der Waals surface area contributed by atoms with Crippen LogP contribution in [0.4, 0.5) is 20.3 Å². The van der Waals surface area contributed by atoms with E-state index in [-0.39, 0.29) is 49.4 Å². The van der Waals surface area contributed by atoms with Crippen molar-refractivity contribution in [3.63, 3.8) is 0 Å². The molecule has 198 valence electrons. The molecule has 5 rings (SSSR count). The van der Waals surface area contributed by atoms with E-state index in [0.717, 1.165) is 0 Å². The number of rotatable bonds is 4. The van der Waals surface area contributed by atoms with Crippen molar-refractivity contribution in [2.45, 2.75) is 43.6 Å². The normalized spacial score (nSPS) is 22.3. The van der Waals surface area contributed by atoms with E-state index in [9.17, 15) is 23.6 Å². The van der Waals surface area contributed by atoms with E-state index in [1.54, 1.807) is 6.07 Å². The van der Waals surface area contributed by atoms with E-state index in [1.807, 2.05) is 11.0 Å². The third kappa shape index (κ3) is 4.13. The van der Waals surface area contributed by atoms with Crippen LogP contribution in [-0.2, 0) is 27.8 Å². The lowest BCUT2D eigenvalue weighted by Crippen LogP contribution is -2.56. The highest BCUT2D eigenvalue weighted by Gasteiger charge is 2.49. The molecule has 2 unspecified atom stereocenters. The van der Waals surface area contributed by atoms with Crippen LogP contribution in [0.3, 0.4) is 0 Å². The van der Waals surface area contributed by atoms with Crippen LogP contribution < -0.4 is 15.0 Å². The molecule has 9 nitrogen and oxygen atoms in total. The number of ether oxygens (including phenoxy) is 1. The standard InChI is InChI=1S/C26H25ClF2N6O3/c1-14(28)23(36)35-11-10-34(13-15(35)7-9-30)22-21-19(31-25(33-22)38-2)12-26(24(37)32-21)8-3-4-16-17(26)5-6-18(29)20(16)27/h5-6,15H,1,3-4,7-8,10-13H2,2H3,(H,32,37). The Balaban J connectivity index is 1.54. The molecule has 1 aromatic carbocycles. The minimum atomic E-state index is -1.09. The van der Waals surface area contributed by atoms with Gasteiger partial charge in [0.05, 0.1) is 41.8 Å². The van der Waals surface area contributed by atoms with Gasteiger partial charge in [-0.25, -0.2) is 8.78 Å². The number of carbonyl (C=O) groups is 2. The summed E-state index contributed by atoms with van der Waals surface area (Å²) in [6.07, 6.45) is 1.97. The number of methoxy groups -OCH3 is 1. The van der Waals surface area contributed by atoms with Crippen LogP contribution in [-0.4, -0.2) is 59.5 Å². The van der Waals surface area contributed by atoms with Crippen molar-refractivity contribution in [2.75, 3.05) is 37.0 Å². The molecule has 12 heteroatoms. The highest BCUT2D eigenvalue weighted by molar-refractivity contribution is 6.31.